The summed E-state index contributed by atoms with van der Waals surface area (Å²) in [7, 11) is 0. The molecule has 0 saturated carbocycles. The number of nitrogens with one attached hydrogen (secondary N) is 1. The second-order valence-corrected chi connectivity index (χ2v) is 9.82. The molecule has 180 valence electrons. The minimum atomic E-state index is -1.25. The standard InChI is InChI=1S/C27H32N2O5/c1-17(2)15-23(24(30)29-14-8-13-27(29,3)25(31)32)28-26(33)34-16-22-20-11-6-4-9-18(20)19-10-5-7-12-21(19)22/h4-7,9-12,17,22-23H,8,13-16H2,1-3H3,(H,28,33)(H,31,32)/t23?,27-/m1/s1. The van der Waals surface area contributed by atoms with Crippen LogP contribution >= 0.6 is 0 Å². The molecule has 7 nitrogen and oxygen atoms in total. The molecule has 2 amide bonds. The number of likely N-dealkylation sites (tertiary alicyclic amines) is 1. The monoisotopic (exact) mass is 464 g/mol. The Labute approximate surface area is 200 Å². The summed E-state index contributed by atoms with van der Waals surface area (Å²) in [5.74, 6) is -1.35. The first-order valence-corrected chi connectivity index (χ1v) is 11.9. The van der Waals surface area contributed by atoms with E-state index in [2.05, 4.69) is 17.4 Å². The van der Waals surface area contributed by atoms with Crippen LogP contribution in [0.5, 0.6) is 0 Å². The molecular weight excluding hydrogens is 432 g/mol. The highest BCUT2D eigenvalue weighted by atomic mass is 16.5. The molecule has 4 rings (SSSR count). The average Bonchev–Trinajstić information content (AvgIpc) is 3.35. The van der Waals surface area contributed by atoms with Gasteiger partial charge in [0.2, 0.25) is 5.91 Å². The molecule has 2 aromatic rings. The Bertz CT molecular complexity index is 1050. The Balaban J connectivity index is 1.46. The summed E-state index contributed by atoms with van der Waals surface area (Å²) in [5, 5.41) is 12.4. The van der Waals surface area contributed by atoms with Gasteiger partial charge in [0.15, 0.2) is 0 Å². The van der Waals surface area contributed by atoms with Gasteiger partial charge in [-0.3, -0.25) is 4.79 Å². The summed E-state index contributed by atoms with van der Waals surface area (Å²) >= 11 is 0. The van der Waals surface area contributed by atoms with Crippen molar-refractivity contribution < 1.29 is 24.2 Å². The van der Waals surface area contributed by atoms with E-state index in [1.54, 1.807) is 6.92 Å². The van der Waals surface area contributed by atoms with Gasteiger partial charge >= 0.3 is 12.1 Å². The molecule has 0 spiro atoms. The van der Waals surface area contributed by atoms with Crippen molar-refractivity contribution >= 4 is 18.0 Å². The Morgan fingerprint density at radius 3 is 2.24 bits per heavy atom. The summed E-state index contributed by atoms with van der Waals surface area (Å²) in [6.45, 7) is 6.00. The lowest BCUT2D eigenvalue weighted by Gasteiger charge is -2.34. The van der Waals surface area contributed by atoms with Crippen molar-refractivity contribution in [2.24, 2.45) is 5.92 Å². The van der Waals surface area contributed by atoms with Crippen LogP contribution in [-0.2, 0) is 14.3 Å². The van der Waals surface area contributed by atoms with Crippen LogP contribution in [0.2, 0.25) is 0 Å². The normalized spacial score (nSPS) is 20.1. The molecule has 2 N–H and O–H groups in total. The first-order chi connectivity index (χ1) is 16.2. The number of hydrogen-bond acceptors (Lipinski definition) is 4. The summed E-state index contributed by atoms with van der Waals surface area (Å²) in [5.41, 5.74) is 3.25. The van der Waals surface area contributed by atoms with Crippen molar-refractivity contribution in [3.05, 3.63) is 59.7 Å². The molecule has 2 atom stereocenters. The maximum absolute atomic E-state index is 13.3. The molecule has 1 unspecified atom stereocenters. The van der Waals surface area contributed by atoms with Crippen molar-refractivity contribution in [3.8, 4) is 11.1 Å². The lowest BCUT2D eigenvalue weighted by molar-refractivity contribution is -0.156. The topological polar surface area (TPSA) is 95.9 Å². The number of ether oxygens (including phenoxy) is 1. The van der Waals surface area contributed by atoms with E-state index in [0.29, 0.717) is 25.8 Å². The number of carbonyl (C=O) groups excluding carboxylic acids is 2. The van der Waals surface area contributed by atoms with Crippen LogP contribution < -0.4 is 5.32 Å². The van der Waals surface area contributed by atoms with Gasteiger partial charge in [0.25, 0.3) is 0 Å². The van der Waals surface area contributed by atoms with Gasteiger partial charge in [-0.1, -0.05) is 62.4 Å². The van der Waals surface area contributed by atoms with Crippen LogP contribution in [0.15, 0.2) is 48.5 Å². The molecule has 1 heterocycles. The Kier molecular flexibility index (Phi) is 6.64. The highest BCUT2D eigenvalue weighted by molar-refractivity contribution is 5.91. The summed E-state index contributed by atoms with van der Waals surface area (Å²) in [6, 6.07) is 15.3. The Morgan fingerprint density at radius 2 is 1.68 bits per heavy atom. The van der Waals surface area contributed by atoms with Gasteiger partial charge in [-0.25, -0.2) is 9.59 Å². The van der Waals surface area contributed by atoms with Crippen LogP contribution in [-0.4, -0.2) is 52.7 Å². The van der Waals surface area contributed by atoms with Gasteiger partial charge in [0, 0.05) is 12.5 Å². The molecule has 1 saturated heterocycles. The third-order valence-corrected chi connectivity index (χ3v) is 7.01. The van der Waals surface area contributed by atoms with Crippen LogP contribution in [0.25, 0.3) is 11.1 Å². The van der Waals surface area contributed by atoms with E-state index in [0.717, 1.165) is 22.3 Å². The van der Waals surface area contributed by atoms with Crippen LogP contribution in [0.4, 0.5) is 4.79 Å². The molecule has 0 radical (unpaired) electrons. The largest absolute Gasteiger partial charge is 0.480 e. The highest BCUT2D eigenvalue weighted by Gasteiger charge is 2.47. The number of amides is 2. The van der Waals surface area contributed by atoms with Gasteiger partial charge < -0.3 is 20.1 Å². The molecule has 1 aliphatic carbocycles. The van der Waals surface area contributed by atoms with Gasteiger partial charge in [-0.05, 0) is 54.4 Å². The molecule has 0 aromatic heterocycles. The predicted molar refractivity (Wildman–Crippen MR) is 128 cm³/mol. The lowest BCUT2D eigenvalue weighted by atomic mass is 9.97. The minimum Gasteiger partial charge on any atom is -0.480 e. The van der Waals surface area contributed by atoms with E-state index in [4.69, 9.17) is 4.74 Å². The van der Waals surface area contributed by atoms with Gasteiger partial charge in [0.1, 0.15) is 18.2 Å². The summed E-state index contributed by atoms with van der Waals surface area (Å²) < 4.78 is 5.63. The van der Waals surface area contributed by atoms with Crippen molar-refractivity contribution in [1.82, 2.24) is 10.2 Å². The Morgan fingerprint density at radius 1 is 1.09 bits per heavy atom. The maximum Gasteiger partial charge on any atom is 0.407 e. The molecule has 1 aliphatic heterocycles. The van der Waals surface area contributed by atoms with Crippen molar-refractivity contribution in [2.75, 3.05) is 13.2 Å². The number of benzene rings is 2. The van der Waals surface area contributed by atoms with Gasteiger partial charge in [-0.2, -0.15) is 0 Å². The van der Waals surface area contributed by atoms with Crippen LogP contribution in [0.3, 0.4) is 0 Å². The Hall–Kier alpha value is -3.35. The van der Waals surface area contributed by atoms with E-state index in [-0.39, 0.29) is 24.3 Å². The zero-order chi connectivity index (χ0) is 24.5. The van der Waals surface area contributed by atoms with Gasteiger partial charge in [-0.15, -0.1) is 0 Å². The SMILES string of the molecule is CC(C)CC(NC(=O)OCC1c2ccccc2-c2ccccc21)C(=O)N1CCC[C@]1(C)C(=O)O. The molecule has 2 aliphatic rings. The number of carbonyl (C=O) groups is 3. The molecule has 0 bridgehead atoms. The summed E-state index contributed by atoms with van der Waals surface area (Å²) in [6.07, 6.45) is 0.744. The summed E-state index contributed by atoms with van der Waals surface area (Å²) in [4.78, 5) is 39.4. The van der Waals surface area contributed by atoms with Crippen molar-refractivity contribution in [2.45, 2.75) is 57.5 Å². The highest BCUT2D eigenvalue weighted by Crippen LogP contribution is 2.44. The van der Waals surface area contributed by atoms with Crippen LogP contribution in [0, 0.1) is 5.92 Å². The third kappa shape index (κ3) is 4.39. The number of nitrogens with zero attached hydrogens (tertiary/aromatic N) is 1. The second-order valence-electron chi connectivity index (χ2n) is 9.82. The van der Waals surface area contributed by atoms with Crippen LogP contribution in [0.1, 0.15) is 57.1 Å². The predicted octanol–water partition coefficient (Wildman–Crippen LogP) is 4.41. The third-order valence-electron chi connectivity index (χ3n) is 7.01. The van der Waals surface area contributed by atoms with E-state index in [1.807, 2.05) is 50.2 Å². The first kappa shape index (κ1) is 23.8. The number of rotatable bonds is 7. The number of aliphatic carboxylic acids is 1. The van der Waals surface area contributed by atoms with E-state index >= 15 is 0 Å². The number of alkyl carbamates (subject to hydrolysis) is 1. The van der Waals surface area contributed by atoms with E-state index in [1.165, 1.54) is 4.90 Å². The van der Waals surface area contributed by atoms with Crippen molar-refractivity contribution in [1.29, 1.82) is 0 Å². The minimum absolute atomic E-state index is 0.0775. The number of hydrogen-bond donors (Lipinski definition) is 2. The fourth-order valence-electron chi connectivity index (χ4n) is 5.20. The zero-order valence-corrected chi connectivity index (χ0v) is 19.9. The van der Waals surface area contributed by atoms with E-state index in [9.17, 15) is 19.5 Å². The van der Waals surface area contributed by atoms with E-state index < -0.39 is 23.6 Å². The van der Waals surface area contributed by atoms with Crippen molar-refractivity contribution in [3.63, 3.8) is 0 Å². The fourth-order valence-corrected chi connectivity index (χ4v) is 5.20. The number of carboxylic acid groups (broad SMARTS) is 1. The number of carboxylic acids is 1. The lowest BCUT2D eigenvalue weighted by Crippen LogP contribution is -2.57. The zero-order valence-electron chi connectivity index (χ0n) is 19.9. The maximum atomic E-state index is 13.3. The molecule has 2 aromatic carbocycles. The molecule has 7 heteroatoms. The first-order valence-electron chi connectivity index (χ1n) is 11.9. The molecular formula is C27H32N2O5. The second kappa shape index (κ2) is 9.49. The molecule has 34 heavy (non-hydrogen) atoms. The molecule has 1 fully saturated rings. The fraction of sp³-hybridized carbons (Fsp3) is 0.444. The van der Waals surface area contributed by atoms with Gasteiger partial charge in [0.05, 0.1) is 0 Å². The quantitative estimate of drug-likeness (QED) is 0.633. The average molecular weight is 465 g/mol. The smallest absolute Gasteiger partial charge is 0.407 e. The number of fused-ring (bicyclic) bond motifs is 3.